The molecule has 2 aromatic carbocycles. The number of carbonyl (C=O) groups excluding carboxylic acids is 1. The molecule has 0 unspecified atom stereocenters. The van der Waals surface area contributed by atoms with E-state index >= 15 is 0 Å². The quantitative estimate of drug-likeness (QED) is 0.761. The van der Waals surface area contributed by atoms with Crippen LogP contribution in [-0.4, -0.2) is 12.5 Å². The van der Waals surface area contributed by atoms with Crippen molar-refractivity contribution >= 4 is 21.8 Å². The third-order valence-electron chi connectivity index (χ3n) is 3.16. The summed E-state index contributed by atoms with van der Waals surface area (Å²) in [6, 6.07) is 8.78. The third kappa shape index (κ3) is 4.79. The Morgan fingerprint density at radius 3 is 2.30 bits per heavy atom. The van der Waals surface area contributed by atoms with Crippen molar-refractivity contribution in [3.05, 3.63) is 69.4 Å². The van der Waals surface area contributed by atoms with Crippen LogP contribution in [0.1, 0.15) is 21.5 Å². The highest BCUT2D eigenvalue weighted by atomic mass is 79.9. The molecule has 1 amide bonds. The molecule has 2 aromatic rings. The highest BCUT2D eigenvalue weighted by Gasteiger charge is 2.29. The Morgan fingerprint density at radius 2 is 1.74 bits per heavy atom. The average Bonchev–Trinajstić information content (AvgIpc) is 2.46. The van der Waals surface area contributed by atoms with Gasteiger partial charge in [0.25, 0.3) is 5.91 Å². The number of alkyl halides is 3. The highest BCUT2D eigenvalue weighted by Crippen LogP contribution is 2.29. The van der Waals surface area contributed by atoms with E-state index in [2.05, 4.69) is 21.2 Å². The number of benzene rings is 2. The summed E-state index contributed by atoms with van der Waals surface area (Å²) in [7, 11) is 0. The normalized spacial score (nSPS) is 11.3. The lowest BCUT2D eigenvalue weighted by Gasteiger charge is -2.09. The van der Waals surface area contributed by atoms with Crippen LogP contribution < -0.4 is 5.32 Å². The maximum Gasteiger partial charge on any atom is 0.416 e. The zero-order valence-electron chi connectivity index (χ0n) is 11.8. The lowest BCUT2D eigenvalue weighted by atomic mass is 10.1. The van der Waals surface area contributed by atoms with E-state index in [0.717, 1.165) is 12.1 Å². The molecule has 0 saturated heterocycles. The summed E-state index contributed by atoms with van der Waals surface area (Å²) in [6.45, 7) is 0.194. The molecular formula is C16H12BrF4NO. The van der Waals surface area contributed by atoms with Gasteiger partial charge >= 0.3 is 6.18 Å². The number of amides is 1. The first-order chi connectivity index (χ1) is 10.8. The summed E-state index contributed by atoms with van der Waals surface area (Å²) < 4.78 is 51.4. The summed E-state index contributed by atoms with van der Waals surface area (Å²) in [4.78, 5) is 11.8. The fraction of sp³-hybridized carbons (Fsp3) is 0.188. The molecule has 0 radical (unpaired) electrons. The number of nitrogens with one attached hydrogen (secondary N) is 1. The molecule has 0 bridgehead atoms. The summed E-state index contributed by atoms with van der Waals surface area (Å²) >= 11 is 3.10. The molecule has 0 heterocycles. The van der Waals surface area contributed by atoms with E-state index in [9.17, 15) is 22.4 Å². The number of halogens is 5. The van der Waals surface area contributed by atoms with Gasteiger partial charge in [0.05, 0.1) is 11.1 Å². The molecule has 2 rings (SSSR count). The Morgan fingerprint density at radius 1 is 1.09 bits per heavy atom. The summed E-state index contributed by atoms with van der Waals surface area (Å²) in [5, 5.41) is 2.54. The molecule has 7 heteroatoms. The van der Waals surface area contributed by atoms with Gasteiger partial charge in [0.2, 0.25) is 0 Å². The van der Waals surface area contributed by atoms with Crippen LogP contribution in [0.3, 0.4) is 0 Å². The van der Waals surface area contributed by atoms with Gasteiger partial charge in [-0.05, 0) is 42.3 Å². The molecule has 2 nitrogen and oxygen atoms in total. The second-order valence-corrected chi connectivity index (χ2v) is 5.74. The molecule has 0 fully saturated rings. The van der Waals surface area contributed by atoms with Crippen LogP contribution in [-0.2, 0) is 12.6 Å². The number of carbonyl (C=O) groups is 1. The average molecular weight is 390 g/mol. The van der Waals surface area contributed by atoms with Crippen molar-refractivity contribution in [2.75, 3.05) is 6.54 Å². The fourth-order valence-corrected chi connectivity index (χ4v) is 2.28. The van der Waals surface area contributed by atoms with Crippen molar-refractivity contribution in [3.63, 3.8) is 0 Å². The van der Waals surface area contributed by atoms with E-state index in [1.54, 1.807) is 6.07 Å². The first kappa shape index (κ1) is 17.5. The van der Waals surface area contributed by atoms with Crippen molar-refractivity contribution in [2.45, 2.75) is 12.6 Å². The van der Waals surface area contributed by atoms with Crippen LogP contribution in [0.4, 0.5) is 17.6 Å². The molecule has 1 N–H and O–H groups in total. The van der Waals surface area contributed by atoms with E-state index in [0.29, 0.717) is 16.5 Å². The van der Waals surface area contributed by atoms with E-state index in [4.69, 9.17) is 0 Å². The predicted octanol–water partition coefficient (Wildman–Crippen LogP) is 4.58. The molecule has 0 aliphatic carbocycles. The van der Waals surface area contributed by atoms with Crippen molar-refractivity contribution in [1.82, 2.24) is 5.32 Å². The molecule has 0 aliphatic heterocycles. The van der Waals surface area contributed by atoms with E-state index in [1.165, 1.54) is 24.3 Å². The fourth-order valence-electron chi connectivity index (χ4n) is 1.95. The molecular weight excluding hydrogens is 378 g/mol. The monoisotopic (exact) mass is 389 g/mol. The zero-order chi connectivity index (χ0) is 17.0. The minimum absolute atomic E-state index is 0.0828. The SMILES string of the molecule is O=C(NCCc1ccc(C(F)(F)F)cc1)c1ccc(Br)cc1F. The number of rotatable bonds is 4. The first-order valence-electron chi connectivity index (χ1n) is 6.67. The Kier molecular flexibility index (Phi) is 5.41. The summed E-state index contributed by atoms with van der Waals surface area (Å²) in [6.07, 6.45) is -4.02. The Labute approximate surface area is 138 Å². The topological polar surface area (TPSA) is 29.1 Å². The standard InChI is InChI=1S/C16H12BrF4NO/c17-12-5-6-13(14(18)9-12)15(23)22-8-7-10-1-3-11(4-2-10)16(19,20)21/h1-6,9H,7-8H2,(H,22,23). The molecule has 0 spiro atoms. The van der Waals surface area contributed by atoms with Crippen LogP contribution in [0.5, 0.6) is 0 Å². The van der Waals surface area contributed by atoms with Crippen molar-refractivity contribution in [3.8, 4) is 0 Å². The van der Waals surface area contributed by atoms with E-state index < -0.39 is 23.5 Å². The van der Waals surface area contributed by atoms with Gasteiger partial charge in [-0.15, -0.1) is 0 Å². The summed E-state index contributed by atoms with van der Waals surface area (Å²) in [5.41, 5.74) is -0.155. The minimum Gasteiger partial charge on any atom is -0.352 e. The van der Waals surface area contributed by atoms with E-state index in [-0.39, 0.29) is 12.1 Å². The highest BCUT2D eigenvalue weighted by molar-refractivity contribution is 9.10. The van der Waals surface area contributed by atoms with Crippen LogP contribution in [0.2, 0.25) is 0 Å². The van der Waals surface area contributed by atoms with Gasteiger partial charge in [0, 0.05) is 11.0 Å². The van der Waals surface area contributed by atoms with Gasteiger partial charge in [0.1, 0.15) is 5.82 Å². The number of hydrogen-bond acceptors (Lipinski definition) is 1. The third-order valence-corrected chi connectivity index (χ3v) is 3.65. The lowest BCUT2D eigenvalue weighted by Crippen LogP contribution is -2.26. The Hall–Kier alpha value is -1.89. The maximum absolute atomic E-state index is 13.6. The Bertz CT molecular complexity index is 698. The predicted molar refractivity (Wildman–Crippen MR) is 81.6 cm³/mol. The summed E-state index contributed by atoms with van der Waals surface area (Å²) in [5.74, 6) is -1.21. The van der Waals surface area contributed by atoms with Crippen LogP contribution >= 0.6 is 15.9 Å². The van der Waals surface area contributed by atoms with Gasteiger partial charge in [-0.25, -0.2) is 4.39 Å². The van der Waals surface area contributed by atoms with Gasteiger partial charge in [-0.3, -0.25) is 4.79 Å². The van der Waals surface area contributed by atoms with Crippen LogP contribution in [0.15, 0.2) is 46.9 Å². The van der Waals surface area contributed by atoms with Crippen LogP contribution in [0.25, 0.3) is 0 Å². The van der Waals surface area contributed by atoms with E-state index in [1.807, 2.05) is 0 Å². The van der Waals surface area contributed by atoms with Gasteiger partial charge in [-0.1, -0.05) is 28.1 Å². The smallest absolute Gasteiger partial charge is 0.352 e. The van der Waals surface area contributed by atoms with Gasteiger partial charge in [0.15, 0.2) is 0 Å². The largest absolute Gasteiger partial charge is 0.416 e. The van der Waals surface area contributed by atoms with Crippen LogP contribution in [0, 0.1) is 5.82 Å². The van der Waals surface area contributed by atoms with Gasteiger partial charge < -0.3 is 5.32 Å². The Balaban J connectivity index is 1.90. The number of hydrogen-bond donors (Lipinski definition) is 1. The second kappa shape index (κ2) is 7.12. The molecule has 122 valence electrons. The van der Waals surface area contributed by atoms with Gasteiger partial charge in [-0.2, -0.15) is 13.2 Å². The molecule has 23 heavy (non-hydrogen) atoms. The second-order valence-electron chi connectivity index (χ2n) is 4.82. The molecule has 0 saturated carbocycles. The molecule has 0 aromatic heterocycles. The van der Waals surface area contributed by atoms with Crippen molar-refractivity contribution < 1.29 is 22.4 Å². The first-order valence-corrected chi connectivity index (χ1v) is 7.46. The zero-order valence-corrected chi connectivity index (χ0v) is 13.3. The van der Waals surface area contributed by atoms with Crippen molar-refractivity contribution in [1.29, 1.82) is 0 Å². The lowest BCUT2D eigenvalue weighted by molar-refractivity contribution is -0.137. The minimum atomic E-state index is -4.37. The molecule has 0 atom stereocenters. The maximum atomic E-state index is 13.6. The molecule has 0 aliphatic rings. The van der Waals surface area contributed by atoms with Crippen molar-refractivity contribution in [2.24, 2.45) is 0 Å².